The number of halogens is 1. The molecule has 0 N–H and O–H groups in total. The van der Waals surface area contributed by atoms with Gasteiger partial charge in [0.05, 0.1) is 13.7 Å². The Kier molecular flexibility index (Phi) is 7.58. The molecule has 0 saturated heterocycles. The molecule has 0 amide bonds. The predicted molar refractivity (Wildman–Crippen MR) is 86.3 cm³/mol. The Morgan fingerprint density at radius 3 is 2.62 bits per heavy atom. The molecule has 0 aliphatic rings. The second-order valence-electron chi connectivity index (χ2n) is 5.42. The number of rotatable bonds is 8. The highest BCUT2D eigenvalue weighted by atomic mass is 35.5. The molecule has 118 valence electrons. The van der Waals surface area contributed by atoms with Crippen LogP contribution in [0.3, 0.4) is 0 Å². The van der Waals surface area contributed by atoms with Gasteiger partial charge in [-0.1, -0.05) is 38.8 Å². The quantitative estimate of drug-likeness (QED) is 0.513. The van der Waals surface area contributed by atoms with Gasteiger partial charge in [0.15, 0.2) is 0 Å². The smallest absolute Gasteiger partial charge is 0.305 e. The summed E-state index contributed by atoms with van der Waals surface area (Å²) in [5.74, 6) is 0.976. The normalized spacial score (nSPS) is 10.8. The fraction of sp³-hybridized carbons (Fsp3) is 0.588. The standard InChI is InChI=1S/C17H25ClO3/c1-5-6-9-21-17-13(7-8-16(19)20-4)10-14(18)11-15(17)12(2)3/h10-12H,5-9H2,1-4H3. The first-order valence-electron chi connectivity index (χ1n) is 7.51. The van der Waals surface area contributed by atoms with Gasteiger partial charge in [-0.25, -0.2) is 0 Å². The number of methoxy groups -OCH3 is 1. The van der Waals surface area contributed by atoms with E-state index in [0.29, 0.717) is 30.4 Å². The van der Waals surface area contributed by atoms with Gasteiger partial charge in [-0.3, -0.25) is 4.79 Å². The molecule has 0 spiro atoms. The van der Waals surface area contributed by atoms with E-state index in [-0.39, 0.29) is 5.97 Å². The summed E-state index contributed by atoms with van der Waals surface area (Å²) in [4.78, 5) is 11.4. The maximum atomic E-state index is 11.4. The van der Waals surface area contributed by atoms with Crippen LogP contribution in [0.15, 0.2) is 12.1 Å². The lowest BCUT2D eigenvalue weighted by Crippen LogP contribution is -2.07. The van der Waals surface area contributed by atoms with Crippen LogP contribution in [0.5, 0.6) is 5.75 Å². The average Bonchev–Trinajstić information content (AvgIpc) is 2.45. The first-order chi connectivity index (χ1) is 9.99. The minimum atomic E-state index is -0.222. The van der Waals surface area contributed by atoms with Crippen LogP contribution in [0.4, 0.5) is 0 Å². The highest BCUT2D eigenvalue weighted by molar-refractivity contribution is 6.30. The lowest BCUT2D eigenvalue weighted by molar-refractivity contribution is -0.140. The molecule has 0 atom stereocenters. The van der Waals surface area contributed by atoms with Crippen LogP contribution in [-0.4, -0.2) is 19.7 Å². The van der Waals surface area contributed by atoms with Gasteiger partial charge in [-0.05, 0) is 42.0 Å². The SMILES string of the molecule is CCCCOc1c(CCC(=O)OC)cc(Cl)cc1C(C)C. The fourth-order valence-corrected chi connectivity index (χ4v) is 2.37. The van der Waals surface area contributed by atoms with Crippen LogP contribution >= 0.6 is 11.6 Å². The minimum Gasteiger partial charge on any atom is -0.493 e. The van der Waals surface area contributed by atoms with Gasteiger partial charge in [0, 0.05) is 11.4 Å². The molecule has 0 heterocycles. The van der Waals surface area contributed by atoms with Crippen molar-refractivity contribution in [3.05, 3.63) is 28.3 Å². The van der Waals surface area contributed by atoms with Crippen molar-refractivity contribution in [3.8, 4) is 5.75 Å². The van der Waals surface area contributed by atoms with Crippen molar-refractivity contribution in [1.29, 1.82) is 0 Å². The molecule has 21 heavy (non-hydrogen) atoms. The third kappa shape index (κ3) is 5.58. The van der Waals surface area contributed by atoms with Crippen molar-refractivity contribution in [2.75, 3.05) is 13.7 Å². The van der Waals surface area contributed by atoms with Crippen LogP contribution in [0, 0.1) is 0 Å². The minimum absolute atomic E-state index is 0.222. The van der Waals surface area contributed by atoms with Crippen molar-refractivity contribution in [2.24, 2.45) is 0 Å². The average molecular weight is 313 g/mol. The molecule has 0 aliphatic carbocycles. The maximum Gasteiger partial charge on any atom is 0.305 e. The number of aryl methyl sites for hydroxylation is 1. The Hall–Kier alpha value is -1.22. The summed E-state index contributed by atoms with van der Waals surface area (Å²) >= 11 is 6.20. The van der Waals surface area contributed by atoms with Crippen LogP contribution in [0.25, 0.3) is 0 Å². The Bertz CT molecular complexity index is 469. The van der Waals surface area contributed by atoms with Crippen LogP contribution < -0.4 is 4.74 Å². The number of benzene rings is 1. The third-order valence-corrected chi connectivity index (χ3v) is 3.57. The number of hydrogen-bond donors (Lipinski definition) is 0. The van der Waals surface area contributed by atoms with E-state index in [9.17, 15) is 4.79 Å². The van der Waals surface area contributed by atoms with Crippen molar-refractivity contribution in [3.63, 3.8) is 0 Å². The molecule has 0 radical (unpaired) electrons. The summed E-state index contributed by atoms with van der Waals surface area (Å²) < 4.78 is 10.7. The zero-order valence-electron chi connectivity index (χ0n) is 13.4. The van der Waals surface area contributed by atoms with Crippen molar-refractivity contribution in [2.45, 2.75) is 52.4 Å². The molecule has 1 aromatic rings. The largest absolute Gasteiger partial charge is 0.493 e. The molecule has 4 heteroatoms. The second-order valence-corrected chi connectivity index (χ2v) is 5.85. The van der Waals surface area contributed by atoms with Crippen LogP contribution in [0.1, 0.15) is 57.1 Å². The zero-order chi connectivity index (χ0) is 15.8. The van der Waals surface area contributed by atoms with E-state index < -0.39 is 0 Å². The zero-order valence-corrected chi connectivity index (χ0v) is 14.1. The first-order valence-corrected chi connectivity index (χ1v) is 7.89. The van der Waals surface area contributed by atoms with Crippen molar-refractivity contribution < 1.29 is 14.3 Å². The number of hydrogen-bond acceptors (Lipinski definition) is 3. The summed E-state index contributed by atoms with van der Waals surface area (Å²) in [5, 5.41) is 0.682. The molecule has 3 nitrogen and oxygen atoms in total. The molecule has 0 aliphatic heterocycles. The summed E-state index contributed by atoms with van der Waals surface area (Å²) in [6.07, 6.45) is 3.01. The van der Waals surface area contributed by atoms with E-state index in [1.807, 2.05) is 12.1 Å². The van der Waals surface area contributed by atoms with Gasteiger partial charge in [0.1, 0.15) is 5.75 Å². The Balaban J connectivity index is 3.03. The number of esters is 1. The summed E-state index contributed by atoms with van der Waals surface area (Å²) in [7, 11) is 1.40. The number of ether oxygens (including phenoxy) is 2. The van der Waals surface area contributed by atoms with E-state index in [1.54, 1.807) is 0 Å². The van der Waals surface area contributed by atoms with Crippen molar-refractivity contribution in [1.82, 2.24) is 0 Å². The predicted octanol–water partition coefficient (Wildman–Crippen LogP) is 4.75. The van der Waals surface area contributed by atoms with Crippen molar-refractivity contribution >= 4 is 17.6 Å². The number of unbranched alkanes of at least 4 members (excludes halogenated alkanes) is 1. The summed E-state index contributed by atoms with van der Waals surface area (Å²) in [6.45, 7) is 7.04. The molecule has 0 saturated carbocycles. The third-order valence-electron chi connectivity index (χ3n) is 3.35. The van der Waals surface area contributed by atoms with Gasteiger partial charge >= 0.3 is 5.97 Å². The molecular formula is C17H25ClO3. The molecule has 0 aromatic heterocycles. The lowest BCUT2D eigenvalue weighted by atomic mass is 9.97. The van der Waals surface area contributed by atoms with Gasteiger partial charge in [-0.2, -0.15) is 0 Å². The molecule has 1 rings (SSSR count). The lowest BCUT2D eigenvalue weighted by Gasteiger charge is -2.18. The summed E-state index contributed by atoms with van der Waals surface area (Å²) in [5.41, 5.74) is 2.08. The summed E-state index contributed by atoms with van der Waals surface area (Å²) in [6, 6.07) is 3.84. The van der Waals surface area contributed by atoms with Gasteiger partial charge in [-0.15, -0.1) is 0 Å². The first kappa shape index (κ1) is 17.8. The molecule has 1 aromatic carbocycles. The van der Waals surface area contributed by atoms with Gasteiger partial charge in [0.2, 0.25) is 0 Å². The highest BCUT2D eigenvalue weighted by Gasteiger charge is 2.16. The highest BCUT2D eigenvalue weighted by Crippen LogP contribution is 2.34. The Morgan fingerprint density at radius 1 is 1.33 bits per heavy atom. The number of carbonyl (C=O) groups is 1. The van der Waals surface area contributed by atoms with E-state index in [2.05, 4.69) is 20.8 Å². The molecule has 0 bridgehead atoms. The van der Waals surface area contributed by atoms with E-state index in [4.69, 9.17) is 21.1 Å². The van der Waals surface area contributed by atoms with Crippen LogP contribution in [-0.2, 0) is 16.0 Å². The Labute approximate surface area is 132 Å². The Morgan fingerprint density at radius 2 is 2.05 bits per heavy atom. The topological polar surface area (TPSA) is 35.5 Å². The molecule has 0 unspecified atom stereocenters. The maximum absolute atomic E-state index is 11.4. The number of carbonyl (C=O) groups excluding carboxylic acids is 1. The van der Waals surface area contributed by atoms with E-state index in [1.165, 1.54) is 7.11 Å². The van der Waals surface area contributed by atoms with E-state index in [0.717, 1.165) is 29.7 Å². The fourth-order valence-electron chi connectivity index (χ4n) is 2.12. The molecular weight excluding hydrogens is 288 g/mol. The van der Waals surface area contributed by atoms with Gasteiger partial charge in [0.25, 0.3) is 0 Å². The molecule has 0 fully saturated rings. The monoisotopic (exact) mass is 312 g/mol. The second kappa shape index (κ2) is 8.93. The van der Waals surface area contributed by atoms with E-state index >= 15 is 0 Å². The van der Waals surface area contributed by atoms with Crippen LogP contribution in [0.2, 0.25) is 5.02 Å². The van der Waals surface area contributed by atoms with Gasteiger partial charge < -0.3 is 9.47 Å².